The third-order valence-electron chi connectivity index (χ3n) is 5.11. The Morgan fingerprint density at radius 2 is 2.12 bits per heavy atom. The van der Waals surface area contributed by atoms with Crippen LogP contribution in [0.4, 0.5) is 0 Å². The van der Waals surface area contributed by atoms with Gasteiger partial charge in [-0.15, -0.1) is 11.3 Å². The molecule has 4 rings (SSSR count). The number of rotatable bonds is 7. The Kier molecular flexibility index (Phi) is 4.53. The number of benzene rings is 1. The SMILES string of the molecule is Cc1cc(C)n(CC2(CNC(=O)CCc3nc4ccccc4s3)CC2)n1. The maximum Gasteiger partial charge on any atom is 0.220 e. The van der Waals surface area contributed by atoms with Crippen LogP contribution in [0.5, 0.6) is 0 Å². The van der Waals surface area contributed by atoms with E-state index in [0.29, 0.717) is 12.8 Å². The van der Waals surface area contributed by atoms with Crippen molar-refractivity contribution < 1.29 is 4.79 Å². The number of aryl methyl sites for hydroxylation is 3. The molecule has 5 nitrogen and oxygen atoms in total. The fourth-order valence-corrected chi connectivity index (χ4v) is 4.31. The van der Waals surface area contributed by atoms with E-state index in [1.807, 2.05) is 25.1 Å². The van der Waals surface area contributed by atoms with Gasteiger partial charge in [0.2, 0.25) is 5.91 Å². The molecule has 1 aliphatic rings. The number of amides is 1. The van der Waals surface area contributed by atoms with Gasteiger partial charge in [0.25, 0.3) is 0 Å². The molecule has 0 saturated heterocycles. The van der Waals surface area contributed by atoms with Crippen LogP contribution in [0.25, 0.3) is 10.2 Å². The monoisotopic (exact) mass is 368 g/mol. The maximum atomic E-state index is 12.3. The van der Waals surface area contributed by atoms with Gasteiger partial charge in [-0.2, -0.15) is 5.10 Å². The van der Waals surface area contributed by atoms with Gasteiger partial charge < -0.3 is 5.32 Å². The van der Waals surface area contributed by atoms with E-state index in [1.54, 1.807) is 11.3 Å². The second-order valence-electron chi connectivity index (χ2n) is 7.44. The van der Waals surface area contributed by atoms with E-state index >= 15 is 0 Å². The number of carbonyl (C=O) groups is 1. The lowest BCUT2D eigenvalue weighted by atomic mass is 10.1. The molecule has 1 aromatic carbocycles. The van der Waals surface area contributed by atoms with Crippen LogP contribution in [0.3, 0.4) is 0 Å². The minimum atomic E-state index is 0.115. The largest absolute Gasteiger partial charge is 0.355 e. The molecule has 26 heavy (non-hydrogen) atoms. The first-order valence-corrected chi connectivity index (χ1v) is 9.97. The van der Waals surface area contributed by atoms with Gasteiger partial charge in [-0.3, -0.25) is 9.48 Å². The van der Waals surface area contributed by atoms with Crippen LogP contribution < -0.4 is 5.32 Å². The lowest BCUT2D eigenvalue weighted by molar-refractivity contribution is -0.121. The lowest BCUT2D eigenvalue weighted by Gasteiger charge is -2.17. The second-order valence-corrected chi connectivity index (χ2v) is 8.55. The van der Waals surface area contributed by atoms with E-state index in [-0.39, 0.29) is 11.3 Å². The molecule has 0 spiro atoms. The molecule has 1 N–H and O–H groups in total. The fraction of sp³-hybridized carbons (Fsp3) is 0.450. The number of nitrogens with zero attached hydrogens (tertiary/aromatic N) is 3. The van der Waals surface area contributed by atoms with Crippen LogP contribution in [0, 0.1) is 19.3 Å². The average Bonchev–Trinajstić information content (AvgIpc) is 3.13. The van der Waals surface area contributed by atoms with Crippen LogP contribution in [0.2, 0.25) is 0 Å². The summed E-state index contributed by atoms with van der Waals surface area (Å²) in [5.74, 6) is 0.115. The summed E-state index contributed by atoms with van der Waals surface area (Å²) < 4.78 is 3.26. The quantitative estimate of drug-likeness (QED) is 0.693. The number of para-hydroxylation sites is 1. The Hall–Kier alpha value is -2.21. The van der Waals surface area contributed by atoms with E-state index in [9.17, 15) is 4.79 Å². The van der Waals surface area contributed by atoms with Crippen LogP contribution in [0.1, 0.15) is 35.7 Å². The molecule has 136 valence electrons. The molecule has 1 fully saturated rings. The van der Waals surface area contributed by atoms with Crippen molar-refractivity contribution in [3.8, 4) is 0 Å². The average molecular weight is 369 g/mol. The van der Waals surface area contributed by atoms with E-state index < -0.39 is 0 Å². The van der Waals surface area contributed by atoms with Gasteiger partial charge >= 0.3 is 0 Å². The summed E-state index contributed by atoms with van der Waals surface area (Å²) >= 11 is 1.68. The highest BCUT2D eigenvalue weighted by Gasteiger charge is 2.43. The highest BCUT2D eigenvalue weighted by atomic mass is 32.1. The number of fused-ring (bicyclic) bond motifs is 1. The molecular formula is C20H24N4OS. The molecule has 1 aliphatic carbocycles. The van der Waals surface area contributed by atoms with Crippen molar-refractivity contribution in [3.63, 3.8) is 0 Å². The zero-order valence-electron chi connectivity index (χ0n) is 15.3. The first-order valence-electron chi connectivity index (χ1n) is 9.15. The molecule has 2 aromatic heterocycles. The number of hydrogen-bond donors (Lipinski definition) is 1. The van der Waals surface area contributed by atoms with E-state index in [2.05, 4.69) is 39.1 Å². The van der Waals surface area contributed by atoms with Crippen LogP contribution in [0.15, 0.2) is 30.3 Å². The summed E-state index contributed by atoms with van der Waals surface area (Å²) in [5.41, 5.74) is 3.46. The Labute approximate surface area is 157 Å². The van der Waals surface area contributed by atoms with Crippen molar-refractivity contribution in [2.45, 2.75) is 46.1 Å². The maximum absolute atomic E-state index is 12.3. The smallest absolute Gasteiger partial charge is 0.220 e. The normalized spacial score (nSPS) is 15.3. The van der Waals surface area contributed by atoms with Crippen LogP contribution >= 0.6 is 11.3 Å². The third-order valence-corrected chi connectivity index (χ3v) is 6.21. The summed E-state index contributed by atoms with van der Waals surface area (Å²) in [7, 11) is 0. The topological polar surface area (TPSA) is 59.8 Å². The second kappa shape index (κ2) is 6.83. The lowest BCUT2D eigenvalue weighted by Crippen LogP contribution is -2.32. The Morgan fingerprint density at radius 1 is 1.31 bits per heavy atom. The Morgan fingerprint density at radius 3 is 2.81 bits per heavy atom. The molecule has 1 amide bonds. The molecule has 6 heteroatoms. The summed E-state index contributed by atoms with van der Waals surface area (Å²) in [5, 5.41) is 8.72. The Bertz CT molecular complexity index is 905. The fourth-order valence-electron chi connectivity index (χ4n) is 3.34. The molecular weight excluding hydrogens is 344 g/mol. The minimum absolute atomic E-state index is 0.115. The van der Waals surface area contributed by atoms with Gasteiger partial charge in [-0.25, -0.2) is 4.98 Å². The standard InChI is InChI=1S/C20H24N4OS/c1-14-11-15(2)24(23-14)13-20(9-10-20)12-21-18(25)7-8-19-22-16-5-3-4-6-17(16)26-19/h3-6,11H,7-10,12-13H2,1-2H3,(H,21,25). The summed E-state index contributed by atoms with van der Waals surface area (Å²) in [4.78, 5) is 16.9. The first-order chi connectivity index (χ1) is 12.5. The van der Waals surface area contributed by atoms with Crippen molar-refractivity contribution in [2.75, 3.05) is 6.54 Å². The van der Waals surface area contributed by atoms with Gasteiger partial charge in [-0.05, 0) is 44.9 Å². The first kappa shape index (κ1) is 17.2. The van der Waals surface area contributed by atoms with Crippen LogP contribution in [-0.4, -0.2) is 27.2 Å². The third kappa shape index (κ3) is 3.80. The molecule has 2 heterocycles. The van der Waals surface area contributed by atoms with Crippen molar-refractivity contribution in [2.24, 2.45) is 5.41 Å². The van der Waals surface area contributed by atoms with Crippen molar-refractivity contribution in [1.29, 1.82) is 0 Å². The highest BCUT2D eigenvalue weighted by Crippen LogP contribution is 2.46. The predicted octanol–water partition coefficient (Wildman–Crippen LogP) is 3.64. The molecule has 0 aliphatic heterocycles. The molecule has 0 atom stereocenters. The van der Waals surface area contributed by atoms with Crippen LogP contribution in [-0.2, 0) is 17.8 Å². The van der Waals surface area contributed by atoms with E-state index in [4.69, 9.17) is 0 Å². The molecule has 0 bridgehead atoms. The van der Waals surface area contributed by atoms with E-state index in [0.717, 1.165) is 42.1 Å². The van der Waals surface area contributed by atoms with E-state index in [1.165, 1.54) is 10.4 Å². The molecule has 3 aromatic rings. The molecule has 1 saturated carbocycles. The van der Waals surface area contributed by atoms with Crippen molar-refractivity contribution in [1.82, 2.24) is 20.1 Å². The van der Waals surface area contributed by atoms with Gasteiger partial charge in [0.15, 0.2) is 0 Å². The minimum Gasteiger partial charge on any atom is -0.355 e. The van der Waals surface area contributed by atoms with Crippen molar-refractivity contribution >= 4 is 27.5 Å². The number of aromatic nitrogens is 3. The summed E-state index contributed by atoms with van der Waals surface area (Å²) in [6.07, 6.45) is 3.51. The summed E-state index contributed by atoms with van der Waals surface area (Å²) in [6, 6.07) is 10.2. The number of thiazole rings is 1. The zero-order valence-corrected chi connectivity index (χ0v) is 16.1. The Balaban J connectivity index is 1.27. The van der Waals surface area contributed by atoms with Gasteiger partial charge in [0, 0.05) is 37.0 Å². The number of carbonyl (C=O) groups excluding carboxylic acids is 1. The van der Waals surface area contributed by atoms with Crippen molar-refractivity contribution in [3.05, 3.63) is 46.7 Å². The number of hydrogen-bond acceptors (Lipinski definition) is 4. The predicted molar refractivity (Wildman–Crippen MR) is 104 cm³/mol. The zero-order chi connectivity index (χ0) is 18.1. The molecule has 0 unspecified atom stereocenters. The van der Waals surface area contributed by atoms with Gasteiger partial charge in [0.1, 0.15) is 0 Å². The highest BCUT2D eigenvalue weighted by molar-refractivity contribution is 7.18. The van der Waals surface area contributed by atoms with Gasteiger partial charge in [0.05, 0.1) is 20.9 Å². The summed E-state index contributed by atoms with van der Waals surface area (Å²) in [6.45, 7) is 5.74. The molecule has 0 radical (unpaired) electrons. The van der Waals surface area contributed by atoms with Gasteiger partial charge in [-0.1, -0.05) is 12.1 Å². The number of nitrogens with one attached hydrogen (secondary N) is 1.